The van der Waals surface area contributed by atoms with Gasteiger partial charge in [0.25, 0.3) is 0 Å². The van der Waals surface area contributed by atoms with Gasteiger partial charge < -0.3 is 25.0 Å². The molecule has 1 saturated heterocycles. The number of halogens is 1. The topological polar surface area (TPSA) is 75.2 Å². The SMILES string of the molecule is CCNC(=NCCCc1ccc(OC)c(OCC)c1)NC1CCC(=O)N(C)C1.I. The number of nitrogens with one attached hydrogen (secondary N) is 2. The molecule has 0 bridgehead atoms. The lowest BCUT2D eigenvalue weighted by Gasteiger charge is -2.31. The number of methoxy groups -OCH3 is 1. The fourth-order valence-electron chi connectivity index (χ4n) is 3.26. The summed E-state index contributed by atoms with van der Waals surface area (Å²) in [7, 11) is 3.51. The van der Waals surface area contributed by atoms with Crippen molar-refractivity contribution in [1.82, 2.24) is 15.5 Å². The lowest BCUT2D eigenvalue weighted by molar-refractivity contribution is -0.132. The van der Waals surface area contributed by atoms with E-state index in [1.54, 1.807) is 12.0 Å². The average Bonchev–Trinajstić information content (AvgIpc) is 2.68. The number of likely N-dealkylation sites (tertiary alicyclic amines) is 1. The quantitative estimate of drug-likeness (QED) is 0.228. The smallest absolute Gasteiger partial charge is 0.222 e. The van der Waals surface area contributed by atoms with E-state index < -0.39 is 0 Å². The Morgan fingerprint density at radius 2 is 2.10 bits per heavy atom. The predicted octanol–water partition coefficient (Wildman–Crippen LogP) is 2.82. The zero-order valence-corrected chi connectivity index (χ0v) is 20.3. The van der Waals surface area contributed by atoms with Gasteiger partial charge in [0.15, 0.2) is 17.5 Å². The van der Waals surface area contributed by atoms with Crippen LogP contribution >= 0.6 is 24.0 Å². The summed E-state index contributed by atoms with van der Waals surface area (Å²) in [4.78, 5) is 18.1. The third-order valence-corrected chi connectivity index (χ3v) is 4.73. The third kappa shape index (κ3) is 8.28. The Kier molecular flexibility index (Phi) is 11.8. The van der Waals surface area contributed by atoms with Crippen LogP contribution in [0, 0.1) is 0 Å². The van der Waals surface area contributed by atoms with E-state index in [0.717, 1.165) is 56.4 Å². The Hall–Kier alpha value is -1.71. The van der Waals surface area contributed by atoms with Gasteiger partial charge in [0.1, 0.15) is 0 Å². The maximum atomic E-state index is 11.6. The van der Waals surface area contributed by atoms with Crippen molar-refractivity contribution >= 4 is 35.8 Å². The van der Waals surface area contributed by atoms with E-state index >= 15 is 0 Å². The number of amides is 1. The van der Waals surface area contributed by atoms with Crippen LogP contribution < -0.4 is 20.1 Å². The molecule has 0 aromatic heterocycles. The minimum atomic E-state index is 0. The van der Waals surface area contributed by atoms with Crippen molar-refractivity contribution < 1.29 is 14.3 Å². The largest absolute Gasteiger partial charge is 0.493 e. The van der Waals surface area contributed by atoms with Crippen molar-refractivity contribution in [1.29, 1.82) is 0 Å². The standard InChI is InChI=1S/C21H34N4O3.HI/c1-5-22-21(24-17-10-12-20(26)25(3)15-17)23-13-7-8-16-9-11-18(27-4)19(14-16)28-6-2;/h9,11,14,17H,5-8,10,12-13,15H2,1-4H3,(H2,22,23,24);1H. The molecule has 8 heteroatoms. The Morgan fingerprint density at radius 1 is 1.31 bits per heavy atom. The first-order valence-corrected chi connectivity index (χ1v) is 10.2. The summed E-state index contributed by atoms with van der Waals surface area (Å²) in [5.74, 6) is 2.58. The van der Waals surface area contributed by atoms with E-state index in [-0.39, 0.29) is 35.9 Å². The first kappa shape index (κ1) is 25.3. The van der Waals surface area contributed by atoms with Gasteiger partial charge in [-0.2, -0.15) is 0 Å². The molecule has 1 aromatic rings. The van der Waals surface area contributed by atoms with Crippen LogP contribution in [0.4, 0.5) is 0 Å². The van der Waals surface area contributed by atoms with Gasteiger partial charge in [0, 0.05) is 39.1 Å². The van der Waals surface area contributed by atoms with Crippen molar-refractivity contribution in [3.63, 3.8) is 0 Å². The Bertz CT molecular complexity index is 669. The molecule has 1 atom stereocenters. The fraction of sp³-hybridized carbons (Fsp3) is 0.619. The lowest BCUT2D eigenvalue weighted by Crippen LogP contribution is -2.51. The molecule has 1 aliphatic heterocycles. The molecule has 1 aliphatic rings. The summed E-state index contributed by atoms with van der Waals surface area (Å²) >= 11 is 0. The molecular formula is C21H35IN4O3. The minimum absolute atomic E-state index is 0. The Labute approximate surface area is 191 Å². The minimum Gasteiger partial charge on any atom is -0.493 e. The molecule has 0 spiro atoms. The highest BCUT2D eigenvalue weighted by molar-refractivity contribution is 14.0. The highest BCUT2D eigenvalue weighted by Gasteiger charge is 2.23. The van der Waals surface area contributed by atoms with Gasteiger partial charge in [-0.05, 0) is 50.8 Å². The number of piperidine rings is 1. The molecule has 1 aromatic carbocycles. The fourth-order valence-corrected chi connectivity index (χ4v) is 3.26. The molecular weight excluding hydrogens is 483 g/mol. The van der Waals surface area contributed by atoms with Crippen LogP contribution in [0.3, 0.4) is 0 Å². The first-order chi connectivity index (χ1) is 13.6. The summed E-state index contributed by atoms with van der Waals surface area (Å²) in [6, 6.07) is 6.32. The van der Waals surface area contributed by atoms with Gasteiger partial charge in [0.05, 0.1) is 13.7 Å². The number of carbonyl (C=O) groups is 1. The zero-order valence-electron chi connectivity index (χ0n) is 18.0. The van der Waals surface area contributed by atoms with Crippen molar-refractivity contribution in [2.75, 3.05) is 40.4 Å². The van der Waals surface area contributed by atoms with Crippen molar-refractivity contribution in [3.05, 3.63) is 23.8 Å². The summed E-state index contributed by atoms with van der Waals surface area (Å²) in [5.41, 5.74) is 1.21. The second kappa shape index (κ2) is 13.5. The van der Waals surface area contributed by atoms with Crippen LogP contribution in [0.25, 0.3) is 0 Å². The number of ether oxygens (including phenoxy) is 2. The molecule has 0 radical (unpaired) electrons. The Morgan fingerprint density at radius 3 is 2.76 bits per heavy atom. The van der Waals surface area contributed by atoms with Crippen LogP contribution in [-0.2, 0) is 11.2 Å². The summed E-state index contributed by atoms with van der Waals surface area (Å²) in [6.07, 6.45) is 3.30. The molecule has 0 aliphatic carbocycles. The predicted molar refractivity (Wildman–Crippen MR) is 128 cm³/mol. The van der Waals surface area contributed by atoms with Crippen LogP contribution in [-0.4, -0.2) is 63.2 Å². The Balaban J connectivity index is 0.00000420. The van der Waals surface area contributed by atoms with E-state index in [2.05, 4.69) is 23.6 Å². The van der Waals surface area contributed by atoms with Crippen molar-refractivity contribution in [2.45, 2.75) is 45.6 Å². The number of hydrogen-bond donors (Lipinski definition) is 2. The first-order valence-electron chi connectivity index (χ1n) is 10.2. The van der Waals surface area contributed by atoms with E-state index in [4.69, 9.17) is 14.5 Å². The van der Waals surface area contributed by atoms with Gasteiger partial charge in [-0.1, -0.05) is 6.07 Å². The lowest BCUT2D eigenvalue weighted by atomic mass is 10.1. The number of aryl methyl sites for hydroxylation is 1. The number of rotatable bonds is 9. The molecule has 29 heavy (non-hydrogen) atoms. The summed E-state index contributed by atoms with van der Waals surface area (Å²) in [6.45, 7) is 6.89. The van der Waals surface area contributed by atoms with Gasteiger partial charge in [-0.25, -0.2) is 0 Å². The number of likely N-dealkylation sites (N-methyl/N-ethyl adjacent to an activating group) is 1. The molecule has 164 valence electrons. The molecule has 1 fully saturated rings. The second-order valence-corrected chi connectivity index (χ2v) is 6.94. The van der Waals surface area contributed by atoms with Gasteiger partial charge in [0.2, 0.25) is 5.91 Å². The zero-order chi connectivity index (χ0) is 20.4. The number of aliphatic imine (C=N–C) groups is 1. The molecule has 1 heterocycles. The second-order valence-electron chi connectivity index (χ2n) is 6.94. The summed E-state index contributed by atoms with van der Waals surface area (Å²) in [5, 5.41) is 6.75. The molecule has 0 saturated carbocycles. The van der Waals surface area contributed by atoms with Crippen LogP contribution in [0.5, 0.6) is 11.5 Å². The monoisotopic (exact) mass is 518 g/mol. The van der Waals surface area contributed by atoms with Gasteiger partial charge in [-0.15, -0.1) is 24.0 Å². The van der Waals surface area contributed by atoms with E-state index in [0.29, 0.717) is 13.0 Å². The number of hydrogen-bond acceptors (Lipinski definition) is 4. The van der Waals surface area contributed by atoms with Crippen molar-refractivity contribution in [2.24, 2.45) is 4.99 Å². The molecule has 2 N–H and O–H groups in total. The molecule has 1 unspecified atom stereocenters. The van der Waals surface area contributed by atoms with Crippen LogP contribution in [0.2, 0.25) is 0 Å². The van der Waals surface area contributed by atoms with E-state index in [9.17, 15) is 4.79 Å². The average molecular weight is 518 g/mol. The maximum Gasteiger partial charge on any atom is 0.222 e. The van der Waals surface area contributed by atoms with Gasteiger partial charge in [-0.3, -0.25) is 9.79 Å². The number of benzene rings is 1. The highest BCUT2D eigenvalue weighted by atomic mass is 127. The highest BCUT2D eigenvalue weighted by Crippen LogP contribution is 2.28. The number of guanidine groups is 1. The molecule has 2 rings (SSSR count). The normalized spacial score (nSPS) is 16.8. The summed E-state index contributed by atoms with van der Waals surface area (Å²) < 4.78 is 11.0. The van der Waals surface area contributed by atoms with Crippen molar-refractivity contribution in [3.8, 4) is 11.5 Å². The van der Waals surface area contributed by atoms with E-state index in [1.165, 1.54) is 5.56 Å². The molecule has 1 amide bonds. The molecule has 7 nitrogen and oxygen atoms in total. The van der Waals surface area contributed by atoms with Crippen LogP contribution in [0.15, 0.2) is 23.2 Å². The number of nitrogens with zero attached hydrogens (tertiary/aromatic N) is 2. The van der Waals surface area contributed by atoms with E-state index in [1.807, 2.05) is 26.1 Å². The third-order valence-electron chi connectivity index (χ3n) is 4.73. The van der Waals surface area contributed by atoms with Gasteiger partial charge >= 0.3 is 0 Å². The maximum absolute atomic E-state index is 11.6. The van der Waals surface area contributed by atoms with Crippen LogP contribution in [0.1, 0.15) is 38.7 Å². The number of carbonyl (C=O) groups excluding carboxylic acids is 1.